The van der Waals surface area contributed by atoms with Gasteiger partial charge in [0, 0.05) is 25.1 Å². The molecule has 0 aliphatic carbocycles. The highest BCUT2D eigenvalue weighted by Gasteiger charge is 2.17. The van der Waals surface area contributed by atoms with E-state index in [-0.39, 0.29) is 0 Å². The van der Waals surface area contributed by atoms with E-state index >= 15 is 0 Å². The molecule has 0 fully saturated rings. The molecule has 23 heavy (non-hydrogen) atoms. The average molecular weight is 325 g/mol. The van der Waals surface area contributed by atoms with Crippen molar-refractivity contribution in [2.45, 2.75) is 39.5 Å². The van der Waals surface area contributed by atoms with Crippen molar-refractivity contribution in [2.24, 2.45) is 0 Å². The molecule has 0 amide bonds. The zero-order chi connectivity index (χ0) is 17.2. The Morgan fingerprint density at radius 1 is 1.30 bits per heavy atom. The summed E-state index contributed by atoms with van der Waals surface area (Å²) in [6.07, 6.45) is 6.51. The third-order valence-electron chi connectivity index (χ3n) is 3.36. The lowest BCUT2D eigenvalue weighted by atomic mass is 10.1. The molecule has 0 bridgehead atoms. The fourth-order valence-electron chi connectivity index (χ4n) is 2.05. The van der Waals surface area contributed by atoms with Crippen molar-refractivity contribution in [3.8, 4) is 0 Å². The second-order valence-electron chi connectivity index (χ2n) is 5.12. The zero-order valence-electron chi connectivity index (χ0n) is 13.5. The van der Waals surface area contributed by atoms with Crippen LogP contribution in [0.1, 0.15) is 44.8 Å². The number of aryl methyl sites for hydroxylation is 1. The molecule has 8 nitrogen and oxygen atoms in total. The lowest BCUT2D eigenvalue weighted by Crippen LogP contribution is -2.29. The quantitative estimate of drug-likeness (QED) is 0.785. The van der Waals surface area contributed by atoms with Crippen LogP contribution < -0.4 is 0 Å². The third-order valence-corrected chi connectivity index (χ3v) is 3.36. The van der Waals surface area contributed by atoms with Gasteiger partial charge in [-0.2, -0.15) is 4.98 Å². The van der Waals surface area contributed by atoms with Crippen LogP contribution in [-0.2, 0) is 16.0 Å². The van der Waals surface area contributed by atoms with Crippen molar-refractivity contribution < 1.29 is 24.3 Å². The molecule has 1 aromatic rings. The SMILES string of the molecule is CCCCc1noc(C2=CCCN(CC)C2)n1.O=C(O)C(=O)O. The van der Waals surface area contributed by atoms with Gasteiger partial charge in [-0.15, -0.1) is 0 Å². The summed E-state index contributed by atoms with van der Waals surface area (Å²) in [6.45, 7) is 7.50. The molecule has 2 heterocycles. The van der Waals surface area contributed by atoms with Gasteiger partial charge in [-0.1, -0.05) is 31.5 Å². The van der Waals surface area contributed by atoms with E-state index in [0.29, 0.717) is 5.89 Å². The first-order valence-electron chi connectivity index (χ1n) is 7.68. The highest BCUT2D eigenvalue weighted by molar-refractivity contribution is 6.27. The number of carboxylic acid groups (broad SMARTS) is 2. The van der Waals surface area contributed by atoms with E-state index in [2.05, 4.69) is 35.0 Å². The second-order valence-corrected chi connectivity index (χ2v) is 5.12. The minimum absolute atomic E-state index is 0.717. The maximum Gasteiger partial charge on any atom is 0.414 e. The summed E-state index contributed by atoms with van der Waals surface area (Å²) in [5.41, 5.74) is 1.19. The lowest BCUT2D eigenvalue weighted by molar-refractivity contribution is -0.159. The highest BCUT2D eigenvalue weighted by Crippen LogP contribution is 2.19. The Balaban J connectivity index is 0.000000379. The van der Waals surface area contributed by atoms with Crippen molar-refractivity contribution in [3.05, 3.63) is 17.8 Å². The molecule has 1 aromatic heterocycles. The van der Waals surface area contributed by atoms with Gasteiger partial charge >= 0.3 is 11.9 Å². The van der Waals surface area contributed by atoms with E-state index in [1.54, 1.807) is 0 Å². The van der Waals surface area contributed by atoms with E-state index in [9.17, 15) is 0 Å². The first-order valence-corrected chi connectivity index (χ1v) is 7.68. The normalized spacial score (nSPS) is 14.6. The van der Waals surface area contributed by atoms with Crippen molar-refractivity contribution in [2.75, 3.05) is 19.6 Å². The predicted molar refractivity (Wildman–Crippen MR) is 82.9 cm³/mol. The second kappa shape index (κ2) is 9.73. The molecular weight excluding hydrogens is 302 g/mol. The standard InChI is InChI=1S/C13H21N3O.C2H2O4/c1-3-5-8-12-14-13(17-15-12)11-7-6-9-16(4-2)10-11;3-1(4)2(5)6/h7H,3-6,8-10H2,1-2H3;(H,3,4)(H,5,6). The number of carboxylic acids is 2. The third kappa shape index (κ3) is 6.60. The molecule has 0 unspecified atom stereocenters. The molecule has 0 spiro atoms. The monoisotopic (exact) mass is 325 g/mol. The molecule has 0 aromatic carbocycles. The van der Waals surface area contributed by atoms with Crippen LogP contribution in [0, 0.1) is 0 Å². The number of rotatable bonds is 5. The number of carbonyl (C=O) groups is 2. The molecular formula is C15H23N3O5. The van der Waals surface area contributed by atoms with Crippen molar-refractivity contribution >= 4 is 17.5 Å². The van der Waals surface area contributed by atoms with Crippen LogP contribution in [0.2, 0.25) is 0 Å². The maximum absolute atomic E-state index is 9.10. The van der Waals surface area contributed by atoms with Gasteiger partial charge in [0.15, 0.2) is 5.82 Å². The van der Waals surface area contributed by atoms with E-state index < -0.39 is 11.9 Å². The summed E-state index contributed by atoms with van der Waals surface area (Å²) in [7, 11) is 0. The van der Waals surface area contributed by atoms with Gasteiger partial charge in [-0.05, 0) is 19.4 Å². The number of nitrogens with zero attached hydrogens (tertiary/aromatic N) is 3. The summed E-state index contributed by atoms with van der Waals surface area (Å²) in [6, 6.07) is 0. The van der Waals surface area contributed by atoms with Crippen LogP contribution in [0.5, 0.6) is 0 Å². The van der Waals surface area contributed by atoms with Crippen LogP contribution in [0.3, 0.4) is 0 Å². The topological polar surface area (TPSA) is 117 Å². The first kappa shape index (κ1) is 18.8. The van der Waals surface area contributed by atoms with Gasteiger partial charge < -0.3 is 14.7 Å². The van der Waals surface area contributed by atoms with Gasteiger partial charge in [0.05, 0.1) is 0 Å². The molecule has 0 radical (unpaired) electrons. The lowest BCUT2D eigenvalue weighted by Gasteiger charge is -2.23. The van der Waals surface area contributed by atoms with Gasteiger partial charge in [0.2, 0.25) is 0 Å². The minimum atomic E-state index is -1.82. The molecule has 2 rings (SSSR count). The summed E-state index contributed by atoms with van der Waals surface area (Å²) >= 11 is 0. The number of hydrogen-bond acceptors (Lipinski definition) is 6. The van der Waals surface area contributed by atoms with Gasteiger partial charge in [0.25, 0.3) is 5.89 Å². The van der Waals surface area contributed by atoms with E-state index in [1.807, 2.05) is 0 Å². The largest absolute Gasteiger partial charge is 0.473 e. The number of aromatic nitrogens is 2. The van der Waals surface area contributed by atoms with Crippen LogP contribution >= 0.6 is 0 Å². The fourth-order valence-corrected chi connectivity index (χ4v) is 2.05. The molecule has 1 aliphatic heterocycles. The molecule has 8 heteroatoms. The van der Waals surface area contributed by atoms with Crippen LogP contribution in [0.15, 0.2) is 10.6 Å². The maximum atomic E-state index is 9.10. The van der Waals surface area contributed by atoms with Crippen LogP contribution in [0.25, 0.3) is 5.57 Å². The molecule has 128 valence electrons. The molecule has 0 saturated heterocycles. The fraction of sp³-hybridized carbons (Fsp3) is 0.600. The predicted octanol–water partition coefficient (Wildman–Crippen LogP) is 1.68. The molecule has 0 atom stereocenters. The summed E-state index contributed by atoms with van der Waals surface area (Å²) < 4.78 is 5.34. The number of likely N-dealkylation sites (N-methyl/N-ethyl adjacent to an activating group) is 1. The Bertz CT molecular complexity index is 541. The zero-order valence-corrected chi connectivity index (χ0v) is 13.5. The summed E-state index contributed by atoms with van der Waals surface area (Å²) in [5, 5.41) is 18.8. The van der Waals surface area contributed by atoms with Gasteiger partial charge in [-0.3, -0.25) is 4.90 Å². The Morgan fingerprint density at radius 3 is 2.57 bits per heavy atom. The van der Waals surface area contributed by atoms with Crippen LogP contribution in [0.4, 0.5) is 0 Å². The summed E-state index contributed by atoms with van der Waals surface area (Å²) in [4.78, 5) is 25.1. The number of unbranched alkanes of at least 4 members (excludes halogenated alkanes) is 1. The minimum Gasteiger partial charge on any atom is -0.473 e. The van der Waals surface area contributed by atoms with Gasteiger partial charge in [-0.25, -0.2) is 9.59 Å². The van der Waals surface area contributed by atoms with Crippen molar-refractivity contribution in [1.82, 2.24) is 15.0 Å². The Hall–Kier alpha value is -2.22. The Morgan fingerprint density at radius 2 is 2.00 bits per heavy atom. The number of hydrogen-bond donors (Lipinski definition) is 2. The van der Waals surface area contributed by atoms with Crippen molar-refractivity contribution in [3.63, 3.8) is 0 Å². The van der Waals surface area contributed by atoms with E-state index in [0.717, 1.165) is 51.1 Å². The van der Waals surface area contributed by atoms with Gasteiger partial charge in [0.1, 0.15) is 0 Å². The first-order chi connectivity index (χ1) is 11.0. The van der Waals surface area contributed by atoms with E-state index in [4.69, 9.17) is 24.3 Å². The Kier molecular flexibility index (Phi) is 7.96. The highest BCUT2D eigenvalue weighted by atomic mass is 16.5. The smallest absolute Gasteiger partial charge is 0.414 e. The Labute approximate surface area is 134 Å². The molecule has 0 saturated carbocycles. The molecule has 1 aliphatic rings. The number of aliphatic carboxylic acids is 2. The van der Waals surface area contributed by atoms with Crippen molar-refractivity contribution in [1.29, 1.82) is 0 Å². The van der Waals surface area contributed by atoms with E-state index in [1.165, 1.54) is 5.57 Å². The molecule has 2 N–H and O–H groups in total. The van der Waals surface area contributed by atoms with Crippen LogP contribution in [-0.4, -0.2) is 56.8 Å². The average Bonchev–Trinajstić information content (AvgIpc) is 3.02. The summed E-state index contributed by atoms with van der Waals surface area (Å²) in [5.74, 6) is -2.09.